The molecule has 10 heteroatoms. The lowest BCUT2D eigenvalue weighted by Crippen LogP contribution is -2.15. The maximum absolute atomic E-state index is 12.4. The van der Waals surface area contributed by atoms with Gasteiger partial charge in [-0.05, 0) is 13.8 Å². The Hall–Kier alpha value is -2.36. The average molecular weight is 313 g/mol. The number of sulfonamides is 1. The minimum atomic E-state index is -3.81. The van der Waals surface area contributed by atoms with Crippen LogP contribution in [-0.2, 0) is 21.4 Å². The van der Waals surface area contributed by atoms with Crippen LogP contribution in [0.3, 0.4) is 0 Å². The first kappa shape index (κ1) is 15.0. The number of rotatable bonds is 6. The average Bonchev–Trinajstić information content (AvgIpc) is 2.94. The first-order chi connectivity index (χ1) is 9.81. The molecule has 9 nitrogen and oxygen atoms in total. The maximum atomic E-state index is 12.4. The molecule has 0 bridgehead atoms. The van der Waals surface area contributed by atoms with E-state index in [2.05, 4.69) is 20.0 Å². The lowest BCUT2D eigenvalue weighted by atomic mass is 10.4. The molecule has 0 aliphatic rings. The molecule has 2 aromatic heterocycles. The molecule has 2 rings (SSSR count). The second kappa shape index (κ2) is 5.56. The lowest BCUT2D eigenvalue weighted by Gasteiger charge is -2.07. The van der Waals surface area contributed by atoms with Crippen molar-refractivity contribution >= 4 is 21.8 Å². The van der Waals surface area contributed by atoms with Crippen molar-refractivity contribution in [3.63, 3.8) is 0 Å². The highest BCUT2D eigenvalue weighted by Crippen LogP contribution is 2.22. The lowest BCUT2D eigenvalue weighted by molar-refractivity contribution is -0.137. The van der Waals surface area contributed by atoms with Crippen molar-refractivity contribution in [3.05, 3.63) is 23.7 Å². The molecule has 0 aliphatic carbocycles. The number of H-pyrrole nitrogens is 1. The van der Waals surface area contributed by atoms with E-state index in [0.29, 0.717) is 11.4 Å². The van der Waals surface area contributed by atoms with Crippen LogP contribution in [0.25, 0.3) is 0 Å². The summed E-state index contributed by atoms with van der Waals surface area (Å²) in [6, 6.07) is 1.48. The van der Waals surface area contributed by atoms with Crippen molar-refractivity contribution in [1.29, 1.82) is 0 Å². The maximum Gasteiger partial charge on any atom is 0.305 e. The quantitative estimate of drug-likeness (QED) is 0.712. The third kappa shape index (κ3) is 3.21. The number of carboxylic acids is 1. The third-order valence-corrected chi connectivity index (χ3v) is 4.48. The van der Waals surface area contributed by atoms with Gasteiger partial charge in [0.05, 0.1) is 30.6 Å². The van der Waals surface area contributed by atoms with Gasteiger partial charge < -0.3 is 5.11 Å². The number of hydrogen-bond donors (Lipinski definition) is 3. The summed E-state index contributed by atoms with van der Waals surface area (Å²) in [5.74, 6) is -0.727. The third-order valence-electron chi connectivity index (χ3n) is 2.87. The number of aliphatic carboxylic acids is 1. The van der Waals surface area contributed by atoms with Crippen molar-refractivity contribution in [2.24, 2.45) is 0 Å². The monoisotopic (exact) mass is 313 g/mol. The summed E-state index contributed by atoms with van der Waals surface area (Å²) in [6.07, 6.45) is 1.29. The molecule has 3 N–H and O–H groups in total. The minimum absolute atomic E-state index is 0.0440. The van der Waals surface area contributed by atoms with Gasteiger partial charge in [-0.25, -0.2) is 8.42 Å². The predicted octanol–water partition coefficient (Wildman–Crippen LogP) is 0.499. The minimum Gasteiger partial charge on any atom is -0.481 e. The summed E-state index contributed by atoms with van der Waals surface area (Å²) in [4.78, 5) is 10.6. The number of hydrogen-bond acceptors (Lipinski definition) is 5. The zero-order chi connectivity index (χ0) is 15.6. The van der Waals surface area contributed by atoms with E-state index in [4.69, 9.17) is 5.11 Å². The summed E-state index contributed by atoms with van der Waals surface area (Å²) in [5.41, 5.74) is 0.700. The number of anilines is 1. The van der Waals surface area contributed by atoms with Crippen LogP contribution in [0.1, 0.15) is 17.8 Å². The Labute approximate surface area is 121 Å². The van der Waals surface area contributed by atoms with E-state index in [-0.39, 0.29) is 23.7 Å². The zero-order valence-electron chi connectivity index (χ0n) is 11.5. The molecule has 2 heterocycles. The fourth-order valence-electron chi connectivity index (χ4n) is 2.00. The van der Waals surface area contributed by atoms with Gasteiger partial charge in [-0.1, -0.05) is 0 Å². The molecule has 0 radical (unpaired) electrons. The van der Waals surface area contributed by atoms with Crippen LogP contribution < -0.4 is 4.72 Å². The summed E-state index contributed by atoms with van der Waals surface area (Å²) in [6.45, 7) is 3.26. The van der Waals surface area contributed by atoms with E-state index in [0.717, 1.165) is 0 Å². The molecule has 114 valence electrons. The van der Waals surface area contributed by atoms with Crippen LogP contribution in [0.5, 0.6) is 0 Å². The summed E-state index contributed by atoms with van der Waals surface area (Å²) < 4.78 is 28.5. The number of aryl methyl sites for hydroxylation is 2. The van der Waals surface area contributed by atoms with Crippen molar-refractivity contribution < 1.29 is 18.3 Å². The van der Waals surface area contributed by atoms with Crippen LogP contribution in [0.15, 0.2) is 17.2 Å². The van der Waals surface area contributed by atoms with E-state index in [1.165, 1.54) is 16.9 Å². The van der Waals surface area contributed by atoms with Crippen LogP contribution in [0.4, 0.5) is 5.82 Å². The van der Waals surface area contributed by atoms with Gasteiger partial charge in [-0.2, -0.15) is 10.2 Å². The van der Waals surface area contributed by atoms with Crippen molar-refractivity contribution in [3.8, 4) is 0 Å². The van der Waals surface area contributed by atoms with Gasteiger partial charge in [0.25, 0.3) is 10.0 Å². The molecule has 0 fully saturated rings. The van der Waals surface area contributed by atoms with E-state index < -0.39 is 16.0 Å². The highest BCUT2D eigenvalue weighted by Gasteiger charge is 2.25. The summed E-state index contributed by atoms with van der Waals surface area (Å²) in [7, 11) is -3.81. The topological polar surface area (TPSA) is 130 Å². The molecular formula is C11H15N5O4S. The second-order valence-electron chi connectivity index (χ2n) is 4.44. The Morgan fingerprint density at radius 2 is 2.19 bits per heavy atom. The number of nitrogens with one attached hydrogen (secondary N) is 2. The largest absolute Gasteiger partial charge is 0.481 e. The zero-order valence-corrected chi connectivity index (χ0v) is 12.3. The molecule has 0 saturated carbocycles. The number of aromatic amines is 1. The van der Waals surface area contributed by atoms with Gasteiger partial charge in [-0.3, -0.25) is 19.3 Å². The van der Waals surface area contributed by atoms with Gasteiger partial charge in [0.1, 0.15) is 10.7 Å². The highest BCUT2D eigenvalue weighted by atomic mass is 32.2. The number of carbonyl (C=O) groups is 1. The van der Waals surface area contributed by atoms with Crippen molar-refractivity contribution in [1.82, 2.24) is 20.0 Å². The van der Waals surface area contributed by atoms with Gasteiger partial charge >= 0.3 is 5.97 Å². The number of carboxylic acid groups (broad SMARTS) is 1. The van der Waals surface area contributed by atoms with Gasteiger partial charge in [0, 0.05) is 6.07 Å². The van der Waals surface area contributed by atoms with Crippen molar-refractivity contribution in [2.75, 3.05) is 4.72 Å². The molecule has 0 amide bonds. The fourth-order valence-corrected chi connectivity index (χ4v) is 3.43. The Bertz CT molecular complexity index is 748. The van der Waals surface area contributed by atoms with Gasteiger partial charge in [0.15, 0.2) is 0 Å². The Morgan fingerprint density at radius 3 is 2.76 bits per heavy atom. The highest BCUT2D eigenvalue weighted by molar-refractivity contribution is 7.92. The number of nitrogens with zero attached hydrogens (tertiary/aromatic N) is 3. The molecule has 0 atom stereocenters. The Morgan fingerprint density at radius 1 is 1.48 bits per heavy atom. The fraction of sp³-hybridized carbons (Fsp3) is 0.364. The van der Waals surface area contributed by atoms with Crippen LogP contribution in [0.2, 0.25) is 0 Å². The summed E-state index contributed by atoms with van der Waals surface area (Å²) in [5, 5.41) is 18.9. The molecule has 0 aliphatic heterocycles. The van der Waals surface area contributed by atoms with Crippen LogP contribution >= 0.6 is 0 Å². The normalized spacial score (nSPS) is 11.5. The first-order valence-electron chi connectivity index (χ1n) is 6.09. The number of aromatic nitrogens is 4. The smallest absolute Gasteiger partial charge is 0.305 e. The van der Waals surface area contributed by atoms with Crippen LogP contribution in [-0.4, -0.2) is 39.5 Å². The predicted molar refractivity (Wildman–Crippen MR) is 73.4 cm³/mol. The molecule has 0 saturated heterocycles. The van der Waals surface area contributed by atoms with E-state index in [1.54, 1.807) is 13.8 Å². The van der Waals surface area contributed by atoms with Crippen molar-refractivity contribution in [2.45, 2.75) is 31.7 Å². The standard InChI is InChI=1S/C11H15N5O4S/c1-7-11(8(2)16(14-7)6-4-10(17)18)21(19,20)15-9-3-5-12-13-9/h3,5H,4,6H2,1-2H3,(H,17,18)(H2,12,13,15). The Balaban J connectivity index is 2.33. The van der Waals surface area contributed by atoms with E-state index in [1.807, 2.05) is 0 Å². The van der Waals surface area contributed by atoms with Gasteiger partial charge in [-0.15, -0.1) is 0 Å². The van der Waals surface area contributed by atoms with E-state index >= 15 is 0 Å². The molecule has 2 aromatic rings. The first-order valence-corrected chi connectivity index (χ1v) is 7.57. The molecule has 21 heavy (non-hydrogen) atoms. The summed E-state index contributed by atoms with van der Waals surface area (Å²) >= 11 is 0. The molecular weight excluding hydrogens is 298 g/mol. The Kier molecular flexibility index (Phi) is 3.98. The van der Waals surface area contributed by atoms with E-state index in [9.17, 15) is 13.2 Å². The molecule has 0 unspecified atom stereocenters. The SMILES string of the molecule is Cc1nn(CCC(=O)O)c(C)c1S(=O)(=O)Nc1ccn[nH]1. The second-order valence-corrected chi connectivity index (χ2v) is 6.06. The van der Waals surface area contributed by atoms with Crippen LogP contribution in [0, 0.1) is 13.8 Å². The molecule has 0 aromatic carbocycles. The van der Waals surface area contributed by atoms with Gasteiger partial charge in [0.2, 0.25) is 0 Å². The molecule has 0 spiro atoms.